The lowest BCUT2D eigenvalue weighted by Crippen LogP contribution is -2.40. The van der Waals surface area contributed by atoms with E-state index in [1.165, 1.54) is 42.8 Å². The van der Waals surface area contributed by atoms with E-state index < -0.39 is 11.6 Å². The largest absolute Gasteiger partial charge is 0.441 e. The minimum absolute atomic E-state index is 0.0617. The van der Waals surface area contributed by atoms with E-state index in [0.717, 1.165) is 16.7 Å². The Morgan fingerprint density at radius 1 is 0.605 bits per heavy atom. The first kappa shape index (κ1) is 24.0. The molecule has 7 heteroatoms. The minimum Gasteiger partial charge on any atom is -0.441 e. The molecule has 0 aliphatic carbocycles. The molecule has 0 amide bonds. The van der Waals surface area contributed by atoms with Gasteiger partial charge in [0.2, 0.25) is 5.89 Å². The van der Waals surface area contributed by atoms with Crippen molar-refractivity contribution in [2.45, 2.75) is 32.4 Å². The third-order valence-electron chi connectivity index (χ3n) is 7.12. The van der Waals surface area contributed by atoms with Gasteiger partial charge >= 0.3 is 6.18 Å². The molecule has 38 heavy (non-hydrogen) atoms. The predicted molar refractivity (Wildman–Crippen MR) is 141 cm³/mol. The molecule has 0 N–H and O–H groups in total. The molecule has 0 aliphatic heterocycles. The lowest BCUT2D eigenvalue weighted by molar-refractivity contribution is -0.173. The number of alkyl halides is 3. The van der Waals surface area contributed by atoms with Crippen LogP contribution >= 0.6 is 0 Å². The lowest BCUT2D eigenvalue weighted by Gasteiger charge is -2.33. The number of hydrogen-bond donors (Lipinski definition) is 0. The number of nitrogens with zero attached hydrogens (tertiary/aromatic N) is 2. The van der Waals surface area contributed by atoms with E-state index in [0.29, 0.717) is 34.0 Å². The smallest absolute Gasteiger partial charge is 0.402 e. The fraction of sp³-hybridized carbons (Fsp3) is 0.161. The first-order valence-corrected chi connectivity index (χ1v) is 12.1. The quantitative estimate of drug-likeness (QED) is 0.237. The van der Waals surface area contributed by atoms with Crippen LogP contribution in [0.15, 0.2) is 93.8 Å². The van der Waals surface area contributed by atoms with Gasteiger partial charge in [0.1, 0.15) is 16.4 Å². The Morgan fingerprint density at radius 2 is 1.11 bits per heavy atom. The van der Waals surface area contributed by atoms with Crippen LogP contribution in [-0.2, 0) is 5.41 Å². The molecule has 190 valence electrons. The van der Waals surface area contributed by atoms with Gasteiger partial charge in [-0.15, -0.1) is 0 Å². The highest BCUT2D eigenvalue weighted by molar-refractivity contribution is 5.79. The summed E-state index contributed by atoms with van der Waals surface area (Å²) in [5.41, 5.74) is 3.50. The van der Waals surface area contributed by atoms with Gasteiger partial charge in [-0.05, 0) is 72.5 Å². The van der Waals surface area contributed by atoms with Gasteiger partial charge in [-0.25, -0.2) is 9.97 Å². The Hall–Kier alpha value is -4.39. The lowest BCUT2D eigenvalue weighted by atomic mass is 9.75. The van der Waals surface area contributed by atoms with Crippen molar-refractivity contribution in [2.75, 3.05) is 0 Å². The van der Waals surface area contributed by atoms with Gasteiger partial charge in [-0.1, -0.05) is 54.1 Å². The summed E-state index contributed by atoms with van der Waals surface area (Å²) < 4.78 is 55.4. The zero-order valence-corrected chi connectivity index (χ0v) is 20.9. The third kappa shape index (κ3) is 3.95. The summed E-state index contributed by atoms with van der Waals surface area (Å²) in [5, 5.41) is 0. The second-order valence-electron chi connectivity index (χ2n) is 9.68. The zero-order valence-electron chi connectivity index (χ0n) is 20.9. The molecular weight excluding hydrogens is 489 g/mol. The predicted octanol–water partition coefficient (Wildman–Crippen LogP) is 8.79. The number of aryl methyl sites for hydroxylation is 2. The molecule has 0 fully saturated rings. The van der Waals surface area contributed by atoms with Crippen molar-refractivity contribution in [3.8, 4) is 22.6 Å². The van der Waals surface area contributed by atoms with Crippen LogP contribution in [0.3, 0.4) is 0 Å². The van der Waals surface area contributed by atoms with E-state index in [1.807, 2.05) is 31.2 Å². The van der Waals surface area contributed by atoms with Gasteiger partial charge in [-0.2, -0.15) is 13.2 Å². The maximum absolute atomic E-state index is 14.7. The first-order chi connectivity index (χ1) is 18.1. The Morgan fingerprint density at radius 3 is 1.68 bits per heavy atom. The van der Waals surface area contributed by atoms with Crippen LogP contribution in [0.1, 0.15) is 29.5 Å². The second-order valence-corrected chi connectivity index (χ2v) is 9.68. The molecule has 1 unspecified atom stereocenters. The van der Waals surface area contributed by atoms with Crippen molar-refractivity contribution in [3.05, 3.63) is 108 Å². The van der Waals surface area contributed by atoms with Crippen LogP contribution < -0.4 is 0 Å². The van der Waals surface area contributed by atoms with Gasteiger partial charge in [0.15, 0.2) is 17.1 Å². The second kappa shape index (κ2) is 8.58. The van der Waals surface area contributed by atoms with Crippen LogP contribution in [0.2, 0.25) is 0 Å². The molecule has 1 atom stereocenters. The number of fused-ring (bicyclic) bond motifs is 2. The summed E-state index contributed by atoms with van der Waals surface area (Å²) in [6, 6.07) is 24.8. The SMILES string of the molecule is Cc1ccc(-c2ccc(-c3nc4cc(C(C)(c5ccc6oc(C)nc6c5)C(F)(F)F)ccc4o3)cc2)cc1. The molecule has 0 aliphatic rings. The summed E-state index contributed by atoms with van der Waals surface area (Å²) in [4.78, 5) is 8.76. The standard InChI is InChI=1S/C31H23F3N2O2/c1-18-4-6-20(7-5-18)21-8-10-22(11-9-21)29-36-26-17-24(13-15-28(26)38-29)30(3,31(32,33)34)23-12-14-27-25(16-23)35-19(2)37-27/h4-17H,1-3H3. The monoisotopic (exact) mass is 512 g/mol. The van der Waals surface area contributed by atoms with Gasteiger partial charge in [0, 0.05) is 12.5 Å². The molecule has 0 saturated carbocycles. The van der Waals surface area contributed by atoms with Gasteiger partial charge in [0.25, 0.3) is 0 Å². The van der Waals surface area contributed by atoms with E-state index in [2.05, 4.69) is 34.2 Å². The van der Waals surface area contributed by atoms with Crippen molar-refractivity contribution in [2.24, 2.45) is 0 Å². The van der Waals surface area contributed by atoms with Crippen LogP contribution in [0.25, 0.3) is 44.8 Å². The molecule has 0 saturated heterocycles. The Bertz CT molecular complexity index is 1780. The number of halogens is 3. The van der Waals surface area contributed by atoms with Gasteiger partial charge in [-0.3, -0.25) is 0 Å². The van der Waals surface area contributed by atoms with Gasteiger partial charge < -0.3 is 8.83 Å². The van der Waals surface area contributed by atoms with E-state index in [1.54, 1.807) is 13.0 Å². The number of hydrogen-bond acceptors (Lipinski definition) is 4. The van der Waals surface area contributed by atoms with Crippen LogP contribution in [-0.4, -0.2) is 16.1 Å². The van der Waals surface area contributed by atoms with Crippen LogP contribution in [0.4, 0.5) is 13.2 Å². The molecule has 6 rings (SSSR count). The summed E-state index contributed by atoms with van der Waals surface area (Å²) >= 11 is 0. The Labute approximate surface area is 216 Å². The van der Waals surface area contributed by atoms with E-state index in [-0.39, 0.29) is 11.1 Å². The van der Waals surface area contributed by atoms with Crippen LogP contribution in [0.5, 0.6) is 0 Å². The molecule has 0 bridgehead atoms. The minimum atomic E-state index is -4.58. The topological polar surface area (TPSA) is 52.1 Å². The number of aromatic nitrogens is 2. The maximum atomic E-state index is 14.7. The van der Waals surface area contributed by atoms with Crippen molar-refractivity contribution < 1.29 is 22.0 Å². The number of rotatable bonds is 4. The first-order valence-electron chi connectivity index (χ1n) is 12.1. The summed E-state index contributed by atoms with van der Waals surface area (Å²) in [5.74, 6) is 0.745. The van der Waals surface area contributed by atoms with E-state index in [4.69, 9.17) is 8.83 Å². The molecule has 6 aromatic rings. The molecule has 4 aromatic carbocycles. The van der Waals surface area contributed by atoms with Crippen molar-refractivity contribution in [1.82, 2.24) is 9.97 Å². The molecular formula is C31H23F3N2O2. The van der Waals surface area contributed by atoms with Crippen LogP contribution in [0, 0.1) is 13.8 Å². The fourth-order valence-corrected chi connectivity index (χ4v) is 4.76. The molecule has 0 radical (unpaired) electrons. The molecule has 4 nitrogen and oxygen atoms in total. The fourth-order valence-electron chi connectivity index (χ4n) is 4.76. The van der Waals surface area contributed by atoms with Crippen molar-refractivity contribution >= 4 is 22.2 Å². The molecule has 2 aromatic heterocycles. The van der Waals surface area contributed by atoms with E-state index in [9.17, 15) is 13.2 Å². The molecule has 2 heterocycles. The average molecular weight is 513 g/mol. The summed E-state index contributed by atoms with van der Waals surface area (Å²) in [7, 11) is 0. The average Bonchev–Trinajstić information content (AvgIpc) is 3.49. The van der Waals surface area contributed by atoms with Crippen molar-refractivity contribution in [3.63, 3.8) is 0 Å². The number of oxazole rings is 2. The maximum Gasteiger partial charge on any atom is 0.402 e. The van der Waals surface area contributed by atoms with Crippen molar-refractivity contribution in [1.29, 1.82) is 0 Å². The highest BCUT2D eigenvalue weighted by atomic mass is 19.4. The molecule has 0 spiro atoms. The summed E-state index contributed by atoms with van der Waals surface area (Å²) in [6.07, 6.45) is -4.58. The normalized spacial score (nSPS) is 13.7. The van der Waals surface area contributed by atoms with Gasteiger partial charge in [0.05, 0.1) is 0 Å². The summed E-state index contributed by atoms with van der Waals surface area (Å²) in [6.45, 7) is 4.88. The zero-order chi connectivity index (χ0) is 26.7. The Balaban J connectivity index is 1.39. The highest BCUT2D eigenvalue weighted by Gasteiger charge is 2.53. The van der Waals surface area contributed by atoms with E-state index >= 15 is 0 Å². The Kier molecular flexibility index (Phi) is 5.42. The number of benzene rings is 4. The third-order valence-corrected chi connectivity index (χ3v) is 7.12. The highest BCUT2D eigenvalue weighted by Crippen LogP contribution is 2.47.